The molecule has 1 fully saturated rings. The standard InChI is InChI=1S/C15H20Cl2O/c1-11-3-2-7-15(18,8-6-11)10-12-4-5-13(16)14(17)9-12/h4-5,9,11,18H,2-3,6-8,10H2,1H3. The second-order valence-corrected chi connectivity index (χ2v) is 6.50. The average molecular weight is 287 g/mol. The third kappa shape index (κ3) is 3.63. The largest absolute Gasteiger partial charge is 0.390 e. The molecule has 2 atom stereocenters. The first-order chi connectivity index (χ1) is 8.48. The molecule has 1 aliphatic carbocycles. The lowest BCUT2D eigenvalue weighted by Gasteiger charge is -2.27. The predicted molar refractivity (Wildman–Crippen MR) is 77.4 cm³/mol. The Balaban J connectivity index is 2.09. The molecule has 0 saturated heterocycles. The van der Waals surface area contributed by atoms with E-state index in [1.807, 2.05) is 18.2 Å². The Labute approximate surface area is 119 Å². The van der Waals surface area contributed by atoms with E-state index in [9.17, 15) is 5.11 Å². The van der Waals surface area contributed by atoms with Crippen molar-refractivity contribution in [2.24, 2.45) is 5.92 Å². The Bertz CT molecular complexity index is 419. The van der Waals surface area contributed by atoms with Gasteiger partial charge in [0.15, 0.2) is 0 Å². The van der Waals surface area contributed by atoms with E-state index in [1.165, 1.54) is 6.42 Å². The van der Waals surface area contributed by atoms with E-state index in [0.717, 1.165) is 37.2 Å². The van der Waals surface area contributed by atoms with Crippen LogP contribution in [-0.2, 0) is 6.42 Å². The second kappa shape index (κ2) is 5.81. The quantitative estimate of drug-likeness (QED) is 0.770. The van der Waals surface area contributed by atoms with Gasteiger partial charge in [0.1, 0.15) is 0 Å². The van der Waals surface area contributed by atoms with Gasteiger partial charge in [-0.25, -0.2) is 0 Å². The number of halogens is 2. The van der Waals surface area contributed by atoms with Crippen LogP contribution in [-0.4, -0.2) is 10.7 Å². The minimum Gasteiger partial charge on any atom is -0.390 e. The monoisotopic (exact) mass is 286 g/mol. The Morgan fingerprint density at radius 2 is 2.00 bits per heavy atom. The Morgan fingerprint density at radius 1 is 1.22 bits per heavy atom. The maximum Gasteiger partial charge on any atom is 0.0688 e. The fourth-order valence-corrected chi connectivity index (χ4v) is 3.09. The molecule has 18 heavy (non-hydrogen) atoms. The number of hydrogen-bond donors (Lipinski definition) is 1. The molecule has 1 N–H and O–H groups in total. The summed E-state index contributed by atoms with van der Waals surface area (Å²) in [5, 5.41) is 11.8. The van der Waals surface area contributed by atoms with Crippen LogP contribution in [0.4, 0.5) is 0 Å². The normalized spacial score (nSPS) is 29.0. The van der Waals surface area contributed by atoms with E-state index in [4.69, 9.17) is 23.2 Å². The zero-order valence-corrected chi connectivity index (χ0v) is 12.3. The third-order valence-corrected chi connectivity index (χ3v) is 4.70. The molecule has 2 rings (SSSR count). The van der Waals surface area contributed by atoms with Crippen molar-refractivity contribution in [2.45, 2.75) is 51.0 Å². The van der Waals surface area contributed by atoms with Gasteiger partial charge < -0.3 is 5.11 Å². The van der Waals surface area contributed by atoms with Crippen LogP contribution in [0.3, 0.4) is 0 Å². The zero-order chi connectivity index (χ0) is 13.2. The molecule has 0 bridgehead atoms. The van der Waals surface area contributed by atoms with E-state index >= 15 is 0 Å². The first-order valence-electron chi connectivity index (χ1n) is 6.65. The fourth-order valence-electron chi connectivity index (χ4n) is 2.77. The van der Waals surface area contributed by atoms with Gasteiger partial charge >= 0.3 is 0 Å². The van der Waals surface area contributed by atoms with Gasteiger partial charge in [0.2, 0.25) is 0 Å². The van der Waals surface area contributed by atoms with Crippen LogP contribution in [0.1, 0.15) is 44.6 Å². The number of benzene rings is 1. The smallest absolute Gasteiger partial charge is 0.0688 e. The van der Waals surface area contributed by atoms with Crippen molar-refractivity contribution in [3.63, 3.8) is 0 Å². The van der Waals surface area contributed by atoms with Gasteiger partial charge in [0.05, 0.1) is 15.6 Å². The topological polar surface area (TPSA) is 20.2 Å². The third-order valence-electron chi connectivity index (χ3n) is 3.96. The molecule has 0 aliphatic heterocycles. The first-order valence-corrected chi connectivity index (χ1v) is 7.40. The van der Waals surface area contributed by atoms with Crippen molar-refractivity contribution in [3.8, 4) is 0 Å². The van der Waals surface area contributed by atoms with Crippen molar-refractivity contribution >= 4 is 23.2 Å². The molecule has 0 radical (unpaired) electrons. The highest BCUT2D eigenvalue weighted by atomic mass is 35.5. The highest BCUT2D eigenvalue weighted by molar-refractivity contribution is 6.42. The molecule has 3 heteroatoms. The van der Waals surface area contributed by atoms with Gasteiger partial charge in [0.25, 0.3) is 0 Å². The lowest BCUT2D eigenvalue weighted by molar-refractivity contribution is 0.0244. The molecule has 1 saturated carbocycles. The summed E-state index contributed by atoms with van der Waals surface area (Å²) in [5.41, 5.74) is 0.503. The summed E-state index contributed by atoms with van der Waals surface area (Å²) in [4.78, 5) is 0. The lowest BCUT2D eigenvalue weighted by Crippen LogP contribution is -2.30. The van der Waals surface area contributed by atoms with Crippen LogP contribution in [0.2, 0.25) is 10.0 Å². The van der Waals surface area contributed by atoms with Gasteiger partial charge in [-0.1, -0.05) is 49.0 Å². The molecule has 0 spiro atoms. The van der Waals surface area contributed by atoms with Crippen molar-refractivity contribution in [1.29, 1.82) is 0 Å². The maximum absolute atomic E-state index is 10.7. The molecule has 1 aromatic rings. The van der Waals surface area contributed by atoms with Gasteiger partial charge in [0, 0.05) is 6.42 Å². The van der Waals surface area contributed by atoms with Crippen molar-refractivity contribution in [2.75, 3.05) is 0 Å². The van der Waals surface area contributed by atoms with Crippen molar-refractivity contribution in [3.05, 3.63) is 33.8 Å². The molecule has 1 nitrogen and oxygen atoms in total. The van der Waals surface area contributed by atoms with Gasteiger partial charge in [-0.3, -0.25) is 0 Å². The van der Waals surface area contributed by atoms with E-state index in [-0.39, 0.29) is 0 Å². The summed E-state index contributed by atoms with van der Waals surface area (Å²) in [6.07, 6.45) is 5.89. The number of hydrogen-bond acceptors (Lipinski definition) is 1. The minimum absolute atomic E-state index is 0.568. The zero-order valence-electron chi connectivity index (χ0n) is 10.8. The molecule has 2 unspecified atom stereocenters. The fraction of sp³-hybridized carbons (Fsp3) is 0.600. The molecule has 0 heterocycles. The van der Waals surface area contributed by atoms with Gasteiger partial charge in [-0.2, -0.15) is 0 Å². The van der Waals surface area contributed by atoms with Crippen LogP contribution in [0.15, 0.2) is 18.2 Å². The predicted octanol–water partition coefficient (Wildman–Crippen LogP) is 4.87. The van der Waals surface area contributed by atoms with E-state index in [1.54, 1.807) is 0 Å². The molecule has 0 aromatic heterocycles. The summed E-state index contributed by atoms with van der Waals surface area (Å²) in [6.45, 7) is 2.27. The average Bonchev–Trinajstić information content (AvgIpc) is 2.47. The Hall–Kier alpha value is -0.240. The summed E-state index contributed by atoms with van der Waals surface area (Å²) in [6, 6.07) is 5.64. The second-order valence-electron chi connectivity index (χ2n) is 5.69. The molecule has 100 valence electrons. The van der Waals surface area contributed by atoms with Gasteiger partial charge in [-0.15, -0.1) is 0 Å². The van der Waals surface area contributed by atoms with Crippen molar-refractivity contribution < 1.29 is 5.11 Å². The highest BCUT2D eigenvalue weighted by Gasteiger charge is 2.30. The van der Waals surface area contributed by atoms with E-state index < -0.39 is 5.60 Å². The number of aliphatic hydroxyl groups is 1. The van der Waals surface area contributed by atoms with Gasteiger partial charge in [-0.05, 0) is 42.9 Å². The summed E-state index contributed by atoms with van der Waals surface area (Å²) >= 11 is 11.9. The summed E-state index contributed by atoms with van der Waals surface area (Å²) in [7, 11) is 0. The maximum atomic E-state index is 10.7. The Kier molecular flexibility index (Phi) is 4.58. The summed E-state index contributed by atoms with van der Waals surface area (Å²) < 4.78 is 0. The van der Waals surface area contributed by atoms with Crippen molar-refractivity contribution in [1.82, 2.24) is 0 Å². The SMILES string of the molecule is CC1CCCC(O)(Cc2ccc(Cl)c(Cl)c2)CC1. The molecule has 1 aliphatic rings. The first kappa shape index (κ1) is 14.2. The van der Waals surface area contributed by atoms with Crippen LogP contribution >= 0.6 is 23.2 Å². The number of rotatable bonds is 2. The molecular formula is C15H20Cl2O. The summed E-state index contributed by atoms with van der Waals surface area (Å²) in [5.74, 6) is 0.729. The van der Waals surface area contributed by atoms with Crippen LogP contribution in [0.25, 0.3) is 0 Å². The minimum atomic E-state index is -0.568. The van der Waals surface area contributed by atoms with Crippen LogP contribution in [0, 0.1) is 5.92 Å². The van der Waals surface area contributed by atoms with E-state index in [2.05, 4.69) is 6.92 Å². The van der Waals surface area contributed by atoms with Crippen LogP contribution < -0.4 is 0 Å². The Morgan fingerprint density at radius 3 is 2.72 bits per heavy atom. The van der Waals surface area contributed by atoms with E-state index in [0.29, 0.717) is 16.5 Å². The lowest BCUT2D eigenvalue weighted by atomic mass is 9.87. The highest BCUT2D eigenvalue weighted by Crippen LogP contribution is 2.33. The molecule has 0 amide bonds. The molecular weight excluding hydrogens is 267 g/mol. The molecule has 1 aromatic carbocycles. The van der Waals surface area contributed by atoms with Crippen LogP contribution in [0.5, 0.6) is 0 Å².